The number of fused-ring (bicyclic) bond motifs is 7. The maximum absolute atomic E-state index is 12.6. The summed E-state index contributed by atoms with van der Waals surface area (Å²) in [4.78, 5) is 24.8. The summed E-state index contributed by atoms with van der Waals surface area (Å²) < 4.78 is 23.7. The number of esters is 1. The van der Waals surface area contributed by atoms with Crippen LogP contribution in [-0.2, 0) is 28.5 Å². The van der Waals surface area contributed by atoms with Crippen LogP contribution in [-0.4, -0.2) is 58.8 Å². The van der Waals surface area contributed by atoms with Crippen LogP contribution in [0.5, 0.6) is 0 Å². The molecule has 1 spiro atoms. The van der Waals surface area contributed by atoms with E-state index in [2.05, 4.69) is 0 Å². The van der Waals surface area contributed by atoms with Crippen molar-refractivity contribution in [1.82, 2.24) is 0 Å². The van der Waals surface area contributed by atoms with Crippen molar-refractivity contribution < 1.29 is 33.6 Å². The summed E-state index contributed by atoms with van der Waals surface area (Å²) in [6.45, 7) is 4.29. The predicted molar refractivity (Wildman–Crippen MR) is 87.0 cm³/mol. The van der Waals surface area contributed by atoms with E-state index in [4.69, 9.17) is 18.9 Å². The van der Waals surface area contributed by atoms with Gasteiger partial charge in [-0.1, -0.05) is 6.08 Å². The number of aliphatic hydroxyl groups is 1. The summed E-state index contributed by atoms with van der Waals surface area (Å²) in [5.41, 5.74) is -0.924. The van der Waals surface area contributed by atoms with Crippen molar-refractivity contribution in [3.05, 3.63) is 11.6 Å². The Morgan fingerprint density at radius 1 is 1.19 bits per heavy atom. The Morgan fingerprint density at radius 2 is 2.00 bits per heavy atom. The average molecular weight is 364 g/mol. The molecule has 4 saturated heterocycles. The summed E-state index contributed by atoms with van der Waals surface area (Å²) in [6.07, 6.45) is 1.68. The molecule has 0 radical (unpaired) electrons. The molecule has 4 fully saturated rings. The SMILES string of the molecule is CC12CC(=O)C(CC34CC(CC=C5C(=O)OC(C1)C5O)C(C)(CO3)O4)O2. The van der Waals surface area contributed by atoms with Gasteiger partial charge in [-0.3, -0.25) is 4.79 Å². The van der Waals surface area contributed by atoms with Gasteiger partial charge in [-0.2, -0.15) is 0 Å². The molecule has 0 saturated carbocycles. The maximum Gasteiger partial charge on any atom is 0.336 e. The number of carbonyl (C=O) groups is 2. The first-order valence-electron chi connectivity index (χ1n) is 9.35. The van der Waals surface area contributed by atoms with Crippen molar-refractivity contribution in [2.24, 2.45) is 5.92 Å². The van der Waals surface area contributed by atoms with Crippen LogP contribution in [0.3, 0.4) is 0 Å². The Labute approximate surface area is 151 Å². The van der Waals surface area contributed by atoms with Crippen LogP contribution in [0.4, 0.5) is 0 Å². The number of allylic oxidation sites excluding steroid dienone is 1. The first-order chi connectivity index (χ1) is 12.2. The third kappa shape index (κ3) is 2.34. The van der Waals surface area contributed by atoms with Crippen LogP contribution >= 0.6 is 0 Å². The molecule has 0 aromatic carbocycles. The number of aliphatic hydroxyl groups excluding tert-OH is 1. The molecular weight excluding hydrogens is 340 g/mol. The Hall–Kier alpha value is -1.28. The standard InChI is InChI=1S/C19H24O7/c1-17-6-12(20)13(25-17)8-19-5-10(18(2,26-19)9-23-19)3-4-11-15(21)14(7-17)24-16(11)22/h4,10,13-15,21H,3,5-9H2,1-2H3. The highest BCUT2D eigenvalue weighted by atomic mass is 16.8. The number of hydrogen-bond donors (Lipinski definition) is 1. The highest BCUT2D eigenvalue weighted by Gasteiger charge is 2.62. The summed E-state index contributed by atoms with van der Waals surface area (Å²) in [5, 5.41) is 10.6. The van der Waals surface area contributed by atoms with Crippen LogP contribution in [0.25, 0.3) is 0 Å². The van der Waals surface area contributed by atoms with Crippen LogP contribution in [0.2, 0.25) is 0 Å². The van der Waals surface area contributed by atoms with Gasteiger partial charge in [0.05, 0.1) is 23.4 Å². The van der Waals surface area contributed by atoms with Crippen molar-refractivity contribution in [2.75, 3.05) is 6.61 Å². The Balaban J connectivity index is 1.54. The number of hydrogen-bond acceptors (Lipinski definition) is 7. The second-order valence-electron chi connectivity index (χ2n) is 8.91. The zero-order valence-corrected chi connectivity index (χ0v) is 15.0. The molecule has 0 aliphatic carbocycles. The minimum atomic E-state index is -0.990. The number of carbonyl (C=O) groups excluding carboxylic acids is 2. The maximum atomic E-state index is 12.6. The number of rotatable bonds is 0. The van der Waals surface area contributed by atoms with E-state index in [1.54, 1.807) is 6.08 Å². The lowest BCUT2D eigenvalue weighted by Crippen LogP contribution is -2.39. The minimum absolute atomic E-state index is 0.0118. The lowest BCUT2D eigenvalue weighted by molar-refractivity contribution is -0.184. The van der Waals surface area contributed by atoms with Crippen LogP contribution in [0, 0.1) is 5.92 Å². The number of ether oxygens (including phenoxy) is 4. The van der Waals surface area contributed by atoms with Crippen LogP contribution in [0.15, 0.2) is 11.6 Å². The van der Waals surface area contributed by atoms with Gasteiger partial charge in [-0.05, 0) is 26.2 Å². The van der Waals surface area contributed by atoms with Gasteiger partial charge in [0.1, 0.15) is 18.3 Å². The molecular formula is C19H24O7. The highest BCUT2D eigenvalue weighted by molar-refractivity contribution is 5.92. The van der Waals surface area contributed by atoms with E-state index in [1.165, 1.54) is 0 Å². The van der Waals surface area contributed by atoms with E-state index >= 15 is 0 Å². The first-order valence-corrected chi connectivity index (χ1v) is 9.35. The molecule has 0 amide bonds. The molecule has 7 heteroatoms. The Morgan fingerprint density at radius 3 is 2.81 bits per heavy atom. The lowest BCUT2D eigenvalue weighted by atomic mass is 9.81. The molecule has 7 bridgehead atoms. The molecule has 0 aromatic rings. The van der Waals surface area contributed by atoms with E-state index in [0.29, 0.717) is 31.4 Å². The molecule has 5 aliphatic rings. The molecule has 0 aromatic heterocycles. The van der Waals surface area contributed by atoms with Crippen molar-refractivity contribution in [3.8, 4) is 0 Å². The summed E-state index contributed by atoms with van der Waals surface area (Å²) in [5.74, 6) is -1.12. The molecule has 26 heavy (non-hydrogen) atoms. The van der Waals surface area contributed by atoms with Gasteiger partial charge in [0, 0.05) is 25.7 Å². The summed E-state index contributed by atoms with van der Waals surface area (Å²) >= 11 is 0. The zero-order chi connectivity index (χ0) is 18.3. The van der Waals surface area contributed by atoms with Gasteiger partial charge < -0.3 is 24.1 Å². The molecule has 1 N–H and O–H groups in total. The van der Waals surface area contributed by atoms with Gasteiger partial charge in [0.2, 0.25) is 0 Å². The van der Waals surface area contributed by atoms with E-state index in [9.17, 15) is 14.7 Å². The minimum Gasteiger partial charge on any atom is -0.456 e. The van der Waals surface area contributed by atoms with Gasteiger partial charge >= 0.3 is 5.97 Å². The molecule has 142 valence electrons. The fraction of sp³-hybridized carbons (Fsp3) is 0.789. The largest absolute Gasteiger partial charge is 0.456 e. The normalized spacial score (nSPS) is 53.0. The van der Waals surface area contributed by atoms with Crippen LogP contribution < -0.4 is 0 Å². The van der Waals surface area contributed by atoms with Crippen molar-refractivity contribution in [1.29, 1.82) is 0 Å². The van der Waals surface area contributed by atoms with Gasteiger partial charge in [-0.25, -0.2) is 4.79 Å². The molecule has 7 unspecified atom stereocenters. The number of Topliss-reactive ketones (excluding diaryl/α,β-unsaturated/α-hetero) is 1. The van der Waals surface area contributed by atoms with Gasteiger partial charge in [-0.15, -0.1) is 0 Å². The van der Waals surface area contributed by atoms with Gasteiger partial charge in [0.15, 0.2) is 11.6 Å². The van der Waals surface area contributed by atoms with E-state index in [1.807, 2.05) is 13.8 Å². The lowest BCUT2D eigenvalue weighted by Gasteiger charge is -2.31. The summed E-state index contributed by atoms with van der Waals surface area (Å²) in [7, 11) is 0. The van der Waals surface area contributed by atoms with Gasteiger partial charge in [0.25, 0.3) is 0 Å². The Kier molecular flexibility index (Phi) is 3.35. The predicted octanol–water partition coefficient (Wildman–Crippen LogP) is 1.02. The second kappa shape index (κ2) is 5.16. The third-order valence-electron chi connectivity index (χ3n) is 6.71. The molecule has 5 aliphatic heterocycles. The van der Waals surface area contributed by atoms with E-state index in [0.717, 1.165) is 0 Å². The fourth-order valence-electron chi connectivity index (χ4n) is 5.30. The monoisotopic (exact) mass is 364 g/mol. The quantitative estimate of drug-likeness (QED) is 0.642. The molecule has 7 nitrogen and oxygen atoms in total. The van der Waals surface area contributed by atoms with Crippen molar-refractivity contribution in [3.63, 3.8) is 0 Å². The second-order valence-corrected chi connectivity index (χ2v) is 8.91. The fourth-order valence-corrected chi connectivity index (χ4v) is 5.30. The zero-order valence-electron chi connectivity index (χ0n) is 15.0. The third-order valence-corrected chi connectivity index (χ3v) is 6.71. The molecule has 7 atom stereocenters. The smallest absolute Gasteiger partial charge is 0.336 e. The van der Waals surface area contributed by atoms with E-state index < -0.39 is 41.3 Å². The Bertz CT molecular complexity index is 717. The van der Waals surface area contributed by atoms with Crippen LogP contribution in [0.1, 0.15) is 46.0 Å². The van der Waals surface area contributed by atoms with E-state index in [-0.39, 0.29) is 24.5 Å². The van der Waals surface area contributed by atoms with Crippen molar-refractivity contribution >= 4 is 11.8 Å². The molecule has 5 heterocycles. The topological polar surface area (TPSA) is 91.3 Å². The average Bonchev–Trinajstić information content (AvgIpc) is 3.19. The number of ketones is 1. The summed E-state index contributed by atoms with van der Waals surface area (Å²) in [6, 6.07) is 0. The first kappa shape index (κ1) is 16.9. The van der Waals surface area contributed by atoms with Crippen molar-refractivity contribution in [2.45, 2.75) is 81.3 Å². The highest BCUT2D eigenvalue weighted by Crippen LogP contribution is 2.54. The molecule has 5 rings (SSSR count).